The molecule has 1 aromatic heterocycles. The molecular weight excluding hydrogens is 348 g/mol. The third-order valence-electron chi connectivity index (χ3n) is 4.75. The van der Waals surface area contributed by atoms with E-state index in [2.05, 4.69) is 26.1 Å². The van der Waals surface area contributed by atoms with Gasteiger partial charge in [0.05, 0.1) is 6.54 Å². The van der Waals surface area contributed by atoms with E-state index >= 15 is 0 Å². The third-order valence-corrected chi connectivity index (χ3v) is 5.43. The fourth-order valence-corrected chi connectivity index (χ4v) is 3.74. The molecule has 0 aliphatic carbocycles. The summed E-state index contributed by atoms with van der Waals surface area (Å²) in [6.45, 7) is 7.70. The number of carbonyl (C=O) groups is 3. The molecule has 2 aromatic rings. The van der Waals surface area contributed by atoms with Crippen LogP contribution in [0.1, 0.15) is 49.2 Å². The van der Waals surface area contributed by atoms with E-state index in [0.717, 1.165) is 16.0 Å². The molecule has 26 heavy (non-hydrogen) atoms. The number of hydrogen-bond donors (Lipinski definition) is 1. The number of urea groups is 1. The average Bonchev–Trinajstić information content (AvgIpc) is 3.19. The Bertz CT molecular complexity index is 850. The summed E-state index contributed by atoms with van der Waals surface area (Å²) >= 11 is 1.45. The van der Waals surface area contributed by atoms with Gasteiger partial charge in [0.15, 0.2) is 5.78 Å². The Morgan fingerprint density at radius 2 is 1.81 bits per heavy atom. The van der Waals surface area contributed by atoms with Crippen LogP contribution < -0.4 is 5.32 Å². The molecule has 136 valence electrons. The number of ketones is 1. The fraction of sp³-hybridized carbons (Fsp3) is 0.350. The van der Waals surface area contributed by atoms with Gasteiger partial charge in [-0.25, -0.2) is 4.79 Å². The maximum absolute atomic E-state index is 12.8. The molecule has 1 aliphatic heterocycles. The highest BCUT2D eigenvalue weighted by atomic mass is 32.1. The molecule has 5 nitrogen and oxygen atoms in total. The van der Waals surface area contributed by atoms with Gasteiger partial charge in [0.1, 0.15) is 5.54 Å². The van der Waals surface area contributed by atoms with Crippen LogP contribution in [0.25, 0.3) is 0 Å². The number of nitrogens with one attached hydrogen (secondary N) is 1. The number of benzene rings is 1. The van der Waals surface area contributed by atoms with Gasteiger partial charge in [0.25, 0.3) is 5.91 Å². The van der Waals surface area contributed by atoms with Crippen LogP contribution in [0.5, 0.6) is 0 Å². The SMILES string of the molecule is CC(C)(C)c1ccc(C(=O)CN2C(=O)NC(C)(c3ccsc3)C2=O)cc1. The summed E-state index contributed by atoms with van der Waals surface area (Å²) in [5.41, 5.74) is 1.21. The first-order valence-electron chi connectivity index (χ1n) is 8.43. The molecule has 1 atom stereocenters. The van der Waals surface area contributed by atoms with E-state index in [4.69, 9.17) is 0 Å². The first-order chi connectivity index (χ1) is 12.1. The van der Waals surface area contributed by atoms with Gasteiger partial charge in [0.2, 0.25) is 0 Å². The lowest BCUT2D eigenvalue weighted by Gasteiger charge is -2.20. The van der Waals surface area contributed by atoms with Gasteiger partial charge in [-0.1, -0.05) is 45.0 Å². The monoisotopic (exact) mass is 370 g/mol. The standard InChI is InChI=1S/C20H22N2O3S/c1-19(2,3)14-7-5-13(6-8-14)16(23)11-22-17(24)20(4,21-18(22)25)15-9-10-26-12-15/h5-10,12H,11H2,1-4H3,(H,21,25). The van der Waals surface area contributed by atoms with Crippen molar-refractivity contribution in [2.45, 2.75) is 38.6 Å². The minimum absolute atomic E-state index is 0.00523. The molecule has 1 unspecified atom stereocenters. The van der Waals surface area contributed by atoms with Gasteiger partial charge in [0, 0.05) is 5.56 Å². The summed E-state index contributed by atoms with van der Waals surface area (Å²) in [7, 11) is 0. The molecule has 0 bridgehead atoms. The zero-order chi connectivity index (χ0) is 19.1. The Labute approximate surface area is 157 Å². The number of Topliss-reactive ketones (excluding diaryl/α,β-unsaturated/α-hetero) is 1. The Morgan fingerprint density at radius 3 is 2.35 bits per heavy atom. The van der Waals surface area contributed by atoms with E-state index in [1.807, 2.05) is 22.9 Å². The van der Waals surface area contributed by atoms with Crippen molar-refractivity contribution >= 4 is 29.1 Å². The van der Waals surface area contributed by atoms with Crippen LogP contribution in [0.2, 0.25) is 0 Å². The normalized spacial score (nSPS) is 20.4. The van der Waals surface area contributed by atoms with Crippen molar-refractivity contribution in [2.24, 2.45) is 0 Å². The largest absolute Gasteiger partial charge is 0.325 e. The zero-order valence-corrected chi connectivity index (χ0v) is 16.1. The highest BCUT2D eigenvalue weighted by Crippen LogP contribution is 2.30. The second-order valence-corrected chi connectivity index (χ2v) is 8.49. The number of nitrogens with zero attached hydrogens (tertiary/aromatic N) is 1. The molecular formula is C20H22N2O3S. The number of amides is 3. The zero-order valence-electron chi connectivity index (χ0n) is 15.3. The molecule has 0 saturated carbocycles. The van der Waals surface area contributed by atoms with Crippen molar-refractivity contribution in [1.82, 2.24) is 10.2 Å². The van der Waals surface area contributed by atoms with E-state index in [1.165, 1.54) is 11.3 Å². The first-order valence-corrected chi connectivity index (χ1v) is 9.38. The highest BCUT2D eigenvalue weighted by molar-refractivity contribution is 7.08. The van der Waals surface area contributed by atoms with Crippen LogP contribution in [-0.2, 0) is 15.7 Å². The predicted octanol–water partition coefficient (Wildman–Crippen LogP) is 3.70. The molecule has 2 heterocycles. The summed E-state index contributed by atoms with van der Waals surface area (Å²) in [5.74, 6) is -0.663. The van der Waals surface area contributed by atoms with Gasteiger partial charge in [-0.2, -0.15) is 11.3 Å². The van der Waals surface area contributed by atoms with Crippen molar-refractivity contribution in [2.75, 3.05) is 6.54 Å². The second kappa shape index (κ2) is 6.36. The van der Waals surface area contributed by atoms with Gasteiger partial charge in [-0.3, -0.25) is 14.5 Å². The molecule has 3 rings (SSSR count). The highest BCUT2D eigenvalue weighted by Gasteiger charge is 2.49. The summed E-state index contributed by atoms with van der Waals surface area (Å²) in [4.78, 5) is 38.7. The van der Waals surface area contributed by atoms with Crippen molar-refractivity contribution in [3.63, 3.8) is 0 Å². The topological polar surface area (TPSA) is 66.5 Å². The smallest absolute Gasteiger partial charge is 0.319 e. The van der Waals surface area contributed by atoms with Crippen molar-refractivity contribution in [3.8, 4) is 0 Å². The van der Waals surface area contributed by atoms with Crippen LogP contribution in [0.4, 0.5) is 4.79 Å². The van der Waals surface area contributed by atoms with Gasteiger partial charge < -0.3 is 5.32 Å². The minimum Gasteiger partial charge on any atom is -0.319 e. The van der Waals surface area contributed by atoms with E-state index in [9.17, 15) is 14.4 Å². The summed E-state index contributed by atoms with van der Waals surface area (Å²) < 4.78 is 0. The van der Waals surface area contributed by atoms with Crippen LogP contribution in [0, 0.1) is 0 Å². The van der Waals surface area contributed by atoms with Crippen LogP contribution >= 0.6 is 11.3 Å². The number of imide groups is 1. The second-order valence-electron chi connectivity index (χ2n) is 7.71. The summed E-state index contributed by atoms with van der Waals surface area (Å²) in [6.07, 6.45) is 0. The Kier molecular flexibility index (Phi) is 4.48. The number of rotatable bonds is 4. The van der Waals surface area contributed by atoms with Crippen molar-refractivity contribution in [3.05, 3.63) is 57.8 Å². The lowest BCUT2D eigenvalue weighted by atomic mass is 9.86. The molecule has 1 fully saturated rings. The van der Waals surface area contributed by atoms with E-state index in [0.29, 0.717) is 5.56 Å². The Balaban J connectivity index is 1.77. The molecule has 3 amide bonds. The Morgan fingerprint density at radius 1 is 1.15 bits per heavy atom. The number of hydrogen-bond acceptors (Lipinski definition) is 4. The van der Waals surface area contributed by atoms with Crippen LogP contribution in [0.15, 0.2) is 41.1 Å². The quantitative estimate of drug-likeness (QED) is 0.659. The maximum Gasteiger partial charge on any atom is 0.325 e. The van der Waals surface area contributed by atoms with E-state index in [-0.39, 0.29) is 17.7 Å². The average molecular weight is 370 g/mol. The van der Waals surface area contributed by atoms with Crippen molar-refractivity contribution < 1.29 is 14.4 Å². The van der Waals surface area contributed by atoms with Crippen LogP contribution in [0.3, 0.4) is 0 Å². The lowest BCUT2D eigenvalue weighted by molar-refractivity contribution is -0.130. The fourth-order valence-electron chi connectivity index (χ4n) is 2.98. The predicted molar refractivity (Wildman–Crippen MR) is 101 cm³/mol. The van der Waals surface area contributed by atoms with Gasteiger partial charge in [-0.15, -0.1) is 0 Å². The summed E-state index contributed by atoms with van der Waals surface area (Å²) in [6, 6.07) is 8.59. The summed E-state index contributed by atoms with van der Waals surface area (Å²) in [5, 5.41) is 6.39. The molecule has 0 radical (unpaired) electrons. The molecule has 1 aromatic carbocycles. The van der Waals surface area contributed by atoms with Crippen LogP contribution in [-0.4, -0.2) is 29.2 Å². The molecule has 0 spiro atoms. The van der Waals surface area contributed by atoms with Crippen molar-refractivity contribution in [1.29, 1.82) is 0 Å². The van der Waals surface area contributed by atoms with E-state index < -0.39 is 17.5 Å². The Hall–Kier alpha value is -2.47. The molecule has 1 saturated heterocycles. The van der Waals surface area contributed by atoms with Gasteiger partial charge >= 0.3 is 6.03 Å². The number of thiophene rings is 1. The maximum atomic E-state index is 12.8. The molecule has 6 heteroatoms. The molecule has 1 aliphatic rings. The minimum atomic E-state index is -1.12. The third kappa shape index (κ3) is 3.17. The first kappa shape index (κ1) is 18.3. The van der Waals surface area contributed by atoms with E-state index in [1.54, 1.807) is 25.1 Å². The van der Waals surface area contributed by atoms with Gasteiger partial charge in [-0.05, 0) is 40.3 Å². The number of carbonyl (C=O) groups excluding carboxylic acids is 3. The lowest BCUT2D eigenvalue weighted by Crippen LogP contribution is -2.41. The molecule has 1 N–H and O–H groups in total.